The maximum Gasteiger partial charge on any atom is 0.222 e. The van der Waals surface area contributed by atoms with Crippen LogP contribution in [0, 0.1) is 12.3 Å². The van der Waals surface area contributed by atoms with Crippen LogP contribution in [0.25, 0.3) is 6.08 Å². The first-order valence-electron chi connectivity index (χ1n) is 7.27. The topological polar surface area (TPSA) is 29.1 Å². The minimum Gasteiger partial charge on any atom is -0.340 e. The number of hydrogen-bond donors (Lipinski definition) is 1. The largest absolute Gasteiger partial charge is 0.340 e. The van der Waals surface area contributed by atoms with Crippen molar-refractivity contribution in [3.05, 3.63) is 41.3 Å². The van der Waals surface area contributed by atoms with Gasteiger partial charge in [0.1, 0.15) is 5.54 Å². The number of hydrogen-bond acceptors (Lipinski definition) is 2. The summed E-state index contributed by atoms with van der Waals surface area (Å²) in [5, 5.41) is 5.00. The zero-order chi connectivity index (χ0) is 15.6. The molecule has 3 heteroatoms. The molecule has 0 aliphatic heterocycles. The molecular weight excluding hydrogens is 278 g/mol. The van der Waals surface area contributed by atoms with Gasteiger partial charge in [0.2, 0.25) is 5.91 Å². The lowest BCUT2D eigenvalue weighted by atomic mass is 9.94. The molecule has 0 aliphatic rings. The van der Waals surface area contributed by atoms with Gasteiger partial charge in [-0.15, -0.1) is 18.2 Å². The predicted octanol–water partition coefficient (Wildman–Crippen LogP) is 4.09. The van der Waals surface area contributed by atoms with Gasteiger partial charge in [-0.25, -0.2) is 0 Å². The smallest absolute Gasteiger partial charge is 0.222 e. The van der Waals surface area contributed by atoms with Gasteiger partial charge in [-0.05, 0) is 29.9 Å². The van der Waals surface area contributed by atoms with Crippen molar-refractivity contribution in [3.8, 4) is 12.3 Å². The van der Waals surface area contributed by atoms with E-state index in [0.717, 1.165) is 24.2 Å². The van der Waals surface area contributed by atoms with Crippen LogP contribution in [-0.4, -0.2) is 17.2 Å². The van der Waals surface area contributed by atoms with Crippen molar-refractivity contribution in [2.75, 3.05) is 5.75 Å². The van der Waals surface area contributed by atoms with Gasteiger partial charge in [-0.3, -0.25) is 4.79 Å². The first kappa shape index (κ1) is 17.4. The van der Waals surface area contributed by atoms with E-state index in [1.54, 1.807) is 11.8 Å². The highest BCUT2D eigenvalue weighted by Gasteiger charge is 2.24. The van der Waals surface area contributed by atoms with Crippen LogP contribution >= 0.6 is 11.8 Å². The highest BCUT2D eigenvalue weighted by Crippen LogP contribution is 2.15. The summed E-state index contributed by atoms with van der Waals surface area (Å²) in [5.41, 5.74) is 0.680. The molecule has 0 atom stereocenters. The second kappa shape index (κ2) is 9.31. The molecule has 0 saturated carbocycles. The van der Waals surface area contributed by atoms with Gasteiger partial charge in [-0.2, -0.15) is 0 Å². The fourth-order valence-corrected chi connectivity index (χ4v) is 2.60. The number of rotatable bonds is 8. The van der Waals surface area contributed by atoms with Gasteiger partial charge in [0.05, 0.1) is 0 Å². The van der Waals surface area contributed by atoms with Crippen LogP contribution < -0.4 is 5.32 Å². The molecule has 112 valence electrons. The van der Waals surface area contributed by atoms with Gasteiger partial charge < -0.3 is 5.32 Å². The number of carbonyl (C=O) groups is 1. The van der Waals surface area contributed by atoms with Crippen molar-refractivity contribution in [1.82, 2.24) is 5.32 Å². The van der Waals surface area contributed by atoms with E-state index in [2.05, 4.69) is 11.2 Å². The van der Waals surface area contributed by atoms with Gasteiger partial charge in [0.25, 0.3) is 0 Å². The Labute approximate surface area is 132 Å². The van der Waals surface area contributed by atoms with E-state index in [-0.39, 0.29) is 5.91 Å². The first-order chi connectivity index (χ1) is 10.2. The van der Waals surface area contributed by atoms with Crippen molar-refractivity contribution in [1.29, 1.82) is 0 Å². The summed E-state index contributed by atoms with van der Waals surface area (Å²) < 4.78 is 0. The summed E-state index contributed by atoms with van der Waals surface area (Å²) in [5.74, 6) is 3.49. The fraction of sp³-hybridized carbons (Fsp3) is 0.389. The molecular formula is C18H23NOS. The van der Waals surface area contributed by atoms with E-state index in [1.165, 1.54) is 0 Å². The zero-order valence-corrected chi connectivity index (χ0v) is 13.6. The number of terminal acetylenes is 1. The van der Waals surface area contributed by atoms with E-state index < -0.39 is 5.54 Å². The Kier molecular flexibility index (Phi) is 7.71. The molecule has 0 aliphatic carbocycles. The normalized spacial score (nSPS) is 11.3. The van der Waals surface area contributed by atoms with Crippen LogP contribution in [0.1, 0.15) is 38.7 Å². The predicted molar refractivity (Wildman–Crippen MR) is 92.8 cm³/mol. The summed E-state index contributed by atoms with van der Waals surface area (Å²) in [6, 6.07) is 10.1. The molecule has 0 bridgehead atoms. The molecule has 2 nitrogen and oxygen atoms in total. The average molecular weight is 301 g/mol. The fourth-order valence-electron chi connectivity index (χ4n) is 1.91. The summed E-state index contributed by atoms with van der Waals surface area (Å²) >= 11 is 1.63. The van der Waals surface area contributed by atoms with Crippen LogP contribution in [-0.2, 0) is 4.79 Å². The minimum absolute atomic E-state index is 0.0252. The standard InChI is InChI=1S/C18H23NOS/c1-4-18(5-2,6-3)19-17(20)13-15-21-14-12-16-10-8-7-9-11-16/h1,7-12,14H,5-6,13,15H2,2-3H3,(H,19,20). The molecule has 0 aromatic heterocycles. The summed E-state index contributed by atoms with van der Waals surface area (Å²) in [6.45, 7) is 4.00. The molecule has 0 radical (unpaired) electrons. The second-order valence-corrected chi connectivity index (χ2v) is 5.83. The molecule has 0 heterocycles. The summed E-state index contributed by atoms with van der Waals surface area (Å²) in [7, 11) is 0. The maximum absolute atomic E-state index is 11.9. The Bertz CT molecular complexity index is 498. The van der Waals surface area contributed by atoms with E-state index in [1.807, 2.05) is 55.7 Å². The van der Waals surface area contributed by atoms with Gasteiger partial charge in [-0.1, -0.05) is 50.1 Å². The van der Waals surface area contributed by atoms with Crippen LogP contribution in [0.5, 0.6) is 0 Å². The summed E-state index contributed by atoms with van der Waals surface area (Å²) in [6.07, 6.45) is 9.58. The Morgan fingerprint density at radius 2 is 2.00 bits per heavy atom. The van der Waals surface area contributed by atoms with Crippen molar-refractivity contribution in [3.63, 3.8) is 0 Å². The molecule has 1 rings (SSSR count). The SMILES string of the molecule is C#CC(CC)(CC)NC(=O)CCSC=Cc1ccccc1. The lowest BCUT2D eigenvalue weighted by Gasteiger charge is -2.26. The quantitative estimate of drug-likeness (QED) is 0.579. The Morgan fingerprint density at radius 3 is 2.57 bits per heavy atom. The molecule has 1 aromatic rings. The summed E-state index contributed by atoms with van der Waals surface area (Å²) in [4.78, 5) is 11.9. The number of nitrogens with one attached hydrogen (secondary N) is 1. The van der Waals surface area contributed by atoms with Crippen molar-refractivity contribution in [2.45, 2.75) is 38.6 Å². The van der Waals surface area contributed by atoms with Crippen LogP contribution in [0.15, 0.2) is 35.7 Å². The molecule has 1 aromatic carbocycles. The van der Waals surface area contributed by atoms with E-state index >= 15 is 0 Å². The van der Waals surface area contributed by atoms with Crippen molar-refractivity contribution >= 4 is 23.7 Å². The van der Waals surface area contributed by atoms with Crippen LogP contribution in [0.4, 0.5) is 0 Å². The molecule has 21 heavy (non-hydrogen) atoms. The first-order valence-corrected chi connectivity index (χ1v) is 8.32. The number of benzene rings is 1. The molecule has 0 fully saturated rings. The monoisotopic (exact) mass is 301 g/mol. The average Bonchev–Trinajstić information content (AvgIpc) is 2.53. The lowest BCUT2D eigenvalue weighted by Crippen LogP contribution is -2.46. The highest BCUT2D eigenvalue weighted by atomic mass is 32.2. The third kappa shape index (κ3) is 6.10. The molecule has 0 saturated heterocycles. The van der Waals surface area contributed by atoms with Crippen LogP contribution in [0.2, 0.25) is 0 Å². The lowest BCUT2D eigenvalue weighted by molar-refractivity contribution is -0.122. The third-order valence-corrected chi connectivity index (χ3v) is 4.23. The molecule has 1 amide bonds. The number of thioether (sulfide) groups is 1. The Hall–Kier alpha value is -1.66. The maximum atomic E-state index is 11.9. The van der Waals surface area contributed by atoms with E-state index in [0.29, 0.717) is 6.42 Å². The van der Waals surface area contributed by atoms with E-state index in [4.69, 9.17) is 6.42 Å². The van der Waals surface area contributed by atoms with Crippen LogP contribution in [0.3, 0.4) is 0 Å². The van der Waals surface area contributed by atoms with Crippen molar-refractivity contribution in [2.24, 2.45) is 0 Å². The molecule has 0 spiro atoms. The van der Waals surface area contributed by atoms with Gasteiger partial charge >= 0.3 is 0 Å². The van der Waals surface area contributed by atoms with Crippen molar-refractivity contribution < 1.29 is 4.79 Å². The molecule has 1 N–H and O–H groups in total. The third-order valence-electron chi connectivity index (χ3n) is 3.47. The van der Waals surface area contributed by atoms with Gasteiger partial charge in [0.15, 0.2) is 0 Å². The van der Waals surface area contributed by atoms with Gasteiger partial charge in [0, 0.05) is 12.2 Å². The van der Waals surface area contributed by atoms with E-state index in [9.17, 15) is 4.79 Å². The number of carbonyl (C=O) groups excluding carboxylic acids is 1. The Morgan fingerprint density at radius 1 is 1.33 bits per heavy atom. The second-order valence-electron chi connectivity index (χ2n) is 4.82. The Balaban J connectivity index is 2.31. The highest BCUT2D eigenvalue weighted by molar-refractivity contribution is 8.02. The number of amides is 1. The minimum atomic E-state index is -0.484. The zero-order valence-electron chi connectivity index (χ0n) is 12.8. The molecule has 0 unspecified atom stereocenters.